The number of nitrogens with zero attached hydrogens (tertiary/aromatic N) is 1. The fourth-order valence-corrected chi connectivity index (χ4v) is 3.23. The summed E-state index contributed by atoms with van der Waals surface area (Å²) in [7, 11) is 0. The third-order valence-corrected chi connectivity index (χ3v) is 4.69. The first-order valence-corrected chi connectivity index (χ1v) is 9.29. The number of rotatable bonds is 4. The minimum absolute atomic E-state index is 0.0994. The van der Waals surface area contributed by atoms with Gasteiger partial charge in [-0.3, -0.25) is 10.1 Å². The molecule has 2 aromatic rings. The van der Waals surface area contributed by atoms with Gasteiger partial charge in [-0.25, -0.2) is 4.79 Å². The van der Waals surface area contributed by atoms with Crippen LogP contribution < -0.4 is 4.74 Å². The molecule has 0 radical (unpaired) electrons. The number of nitro groups is 1. The second-order valence-electron chi connectivity index (χ2n) is 5.48. The standard InChI is InChI=1S/C16H8Cl5NO6/c17-7-1-4-12(10(18)5-7)26-8-2-3-11(22(24)25)9(6-8)15-27-13(14(23)28-15)16(19,20)21/h1-6,13,15H. The number of alkyl halides is 3. The summed E-state index contributed by atoms with van der Waals surface area (Å²) in [5.74, 6) is -0.539. The average molecular weight is 488 g/mol. The molecule has 0 N–H and O–H groups in total. The number of carbonyl (C=O) groups is 1. The van der Waals surface area contributed by atoms with Gasteiger partial charge in [-0.1, -0.05) is 58.0 Å². The highest BCUT2D eigenvalue weighted by Gasteiger charge is 2.50. The predicted octanol–water partition coefficient (Wildman–Crippen LogP) is 6.00. The Morgan fingerprint density at radius 3 is 2.39 bits per heavy atom. The quantitative estimate of drug-likeness (QED) is 0.227. The van der Waals surface area contributed by atoms with Crippen molar-refractivity contribution in [1.29, 1.82) is 0 Å². The fourth-order valence-electron chi connectivity index (χ4n) is 2.36. The maximum Gasteiger partial charge on any atom is 0.342 e. The first-order valence-electron chi connectivity index (χ1n) is 7.40. The minimum atomic E-state index is -2.11. The third-order valence-electron chi connectivity index (χ3n) is 3.57. The second kappa shape index (κ2) is 8.10. The molecule has 1 aliphatic heterocycles. The summed E-state index contributed by atoms with van der Waals surface area (Å²) < 4.78 is 13.8. The van der Waals surface area contributed by atoms with Crippen LogP contribution in [-0.4, -0.2) is 20.8 Å². The number of halogens is 5. The van der Waals surface area contributed by atoms with E-state index in [9.17, 15) is 14.9 Å². The van der Waals surface area contributed by atoms with Crippen molar-refractivity contribution < 1.29 is 23.9 Å². The van der Waals surface area contributed by atoms with E-state index in [1.165, 1.54) is 24.3 Å². The molecule has 28 heavy (non-hydrogen) atoms. The van der Waals surface area contributed by atoms with Gasteiger partial charge in [-0.15, -0.1) is 0 Å². The molecular formula is C16H8Cl5NO6. The van der Waals surface area contributed by atoms with Gasteiger partial charge in [0.1, 0.15) is 17.1 Å². The molecule has 148 valence electrons. The summed E-state index contributed by atoms with van der Waals surface area (Å²) in [5, 5.41) is 12.0. The van der Waals surface area contributed by atoms with Crippen molar-refractivity contribution in [1.82, 2.24) is 0 Å². The number of esters is 1. The molecule has 0 spiro atoms. The number of nitro benzene ring substituents is 1. The summed E-state index contributed by atoms with van der Waals surface area (Å²) in [6.07, 6.45) is -3.00. The minimum Gasteiger partial charge on any atom is -0.456 e. The molecule has 2 unspecified atom stereocenters. The average Bonchev–Trinajstić information content (AvgIpc) is 2.99. The molecule has 0 bridgehead atoms. The lowest BCUT2D eigenvalue weighted by Gasteiger charge is -2.16. The molecule has 1 aliphatic rings. The highest BCUT2D eigenvalue weighted by atomic mass is 35.6. The third kappa shape index (κ3) is 4.56. The number of cyclic esters (lactones) is 1. The Balaban J connectivity index is 1.95. The summed E-state index contributed by atoms with van der Waals surface area (Å²) >= 11 is 28.9. The second-order valence-corrected chi connectivity index (χ2v) is 8.69. The van der Waals surface area contributed by atoms with E-state index in [4.69, 9.17) is 72.2 Å². The zero-order valence-corrected chi connectivity index (χ0v) is 17.2. The maximum atomic E-state index is 11.9. The first kappa shape index (κ1) is 21.2. The number of carbonyl (C=O) groups excluding carboxylic acids is 1. The van der Waals surface area contributed by atoms with E-state index in [0.717, 1.165) is 6.07 Å². The van der Waals surface area contributed by atoms with Gasteiger partial charge in [0.05, 0.1) is 9.95 Å². The van der Waals surface area contributed by atoms with Crippen molar-refractivity contribution >= 4 is 69.7 Å². The number of hydrogen-bond donors (Lipinski definition) is 0. The van der Waals surface area contributed by atoms with Crippen LogP contribution in [0.3, 0.4) is 0 Å². The van der Waals surface area contributed by atoms with Gasteiger partial charge in [0.2, 0.25) is 16.2 Å². The van der Waals surface area contributed by atoms with E-state index in [2.05, 4.69) is 0 Å². The molecule has 12 heteroatoms. The van der Waals surface area contributed by atoms with Crippen LogP contribution in [0.25, 0.3) is 0 Å². The summed E-state index contributed by atoms with van der Waals surface area (Å²) in [4.78, 5) is 22.6. The lowest BCUT2D eigenvalue weighted by Crippen LogP contribution is -2.31. The molecule has 3 rings (SSSR count). The Labute approximate surface area is 183 Å². The Kier molecular flexibility index (Phi) is 6.14. The van der Waals surface area contributed by atoms with Crippen LogP contribution in [0.15, 0.2) is 36.4 Å². The van der Waals surface area contributed by atoms with Crippen LogP contribution in [0.4, 0.5) is 5.69 Å². The smallest absolute Gasteiger partial charge is 0.342 e. The molecular weight excluding hydrogens is 479 g/mol. The SMILES string of the molecule is O=C1OC(c2cc(Oc3ccc(Cl)cc3Cl)ccc2[N+](=O)[O-])OC1C(Cl)(Cl)Cl. The van der Waals surface area contributed by atoms with Gasteiger partial charge >= 0.3 is 5.97 Å². The molecule has 1 fully saturated rings. The fraction of sp³-hybridized carbons (Fsp3) is 0.188. The highest BCUT2D eigenvalue weighted by Crippen LogP contribution is 2.43. The Morgan fingerprint density at radius 1 is 1.11 bits per heavy atom. The lowest BCUT2D eigenvalue weighted by molar-refractivity contribution is -0.386. The van der Waals surface area contributed by atoms with E-state index in [1.807, 2.05) is 0 Å². The van der Waals surface area contributed by atoms with E-state index >= 15 is 0 Å². The molecule has 0 saturated carbocycles. The van der Waals surface area contributed by atoms with Gasteiger partial charge in [0.15, 0.2) is 0 Å². The van der Waals surface area contributed by atoms with Gasteiger partial charge in [-0.2, -0.15) is 0 Å². The van der Waals surface area contributed by atoms with Crippen molar-refractivity contribution in [3.8, 4) is 11.5 Å². The van der Waals surface area contributed by atoms with Gasteiger partial charge in [0, 0.05) is 11.1 Å². The van der Waals surface area contributed by atoms with Crippen LogP contribution in [-0.2, 0) is 14.3 Å². The lowest BCUT2D eigenvalue weighted by atomic mass is 10.1. The molecule has 7 nitrogen and oxygen atoms in total. The molecule has 2 aromatic carbocycles. The number of hydrogen-bond acceptors (Lipinski definition) is 6. The molecule has 1 saturated heterocycles. The van der Waals surface area contributed by atoms with Crippen LogP contribution in [0.5, 0.6) is 11.5 Å². The summed E-state index contributed by atoms with van der Waals surface area (Å²) in [6.45, 7) is 0. The molecule has 0 aliphatic carbocycles. The largest absolute Gasteiger partial charge is 0.456 e. The van der Waals surface area contributed by atoms with E-state index in [1.54, 1.807) is 6.07 Å². The van der Waals surface area contributed by atoms with E-state index in [0.29, 0.717) is 5.02 Å². The van der Waals surface area contributed by atoms with E-state index in [-0.39, 0.29) is 27.8 Å². The molecule has 0 aromatic heterocycles. The Hall–Kier alpha value is -1.48. The number of ether oxygens (including phenoxy) is 3. The summed E-state index contributed by atoms with van der Waals surface area (Å²) in [6, 6.07) is 8.32. The predicted molar refractivity (Wildman–Crippen MR) is 104 cm³/mol. The van der Waals surface area contributed by atoms with Gasteiger partial charge in [-0.05, 0) is 30.3 Å². The van der Waals surface area contributed by atoms with Crippen molar-refractivity contribution in [2.24, 2.45) is 0 Å². The van der Waals surface area contributed by atoms with Crippen LogP contribution in [0.2, 0.25) is 10.0 Å². The zero-order chi connectivity index (χ0) is 20.6. The molecule has 0 amide bonds. The van der Waals surface area contributed by atoms with Crippen molar-refractivity contribution in [2.45, 2.75) is 16.2 Å². The summed E-state index contributed by atoms with van der Waals surface area (Å²) in [5.41, 5.74) is -0.477. The van der Waals surface area contributed by atoms with Gasteiger partial charge in [0.25, 0.3) is 5.69 Å². The topological polar surface area (TPSA) is 87.9 Å². The normalized spacial score (nSPS) is 19.4. The molecule has 1 heterocycles. The first-order chi connectivity index (χ1) is 13.1. The van der Waals surface area contributed by atoms with Crippen LogP contribution in [0.1, 0.15) is 11.9 Å². The van der Waals surface area contributed by atoms with Gasteiger partial charge < -0.3 is 14.2 Å². The van der Waals surface area contributed by atoms with Crippen LogP contribution >= 0.6 is 58.0 Å². The highest BCUT2D eigenvalue weighted by molar-refractivity contribution is 6.68. The number of benzene rings is 2. The van der Waals surface area contributed by atoms with Crippen LogP contribution in [0, 0.1) is 10.1 Å². The van der Waals surface area contributed by atoms with Crippen molar-refractivity contribution in [3.63, 3.8) is 0 Å². The Morgan fingerprint density at radius 2 is 1.82 bits per heavy atom. The zero-order valence-electron chi connectivity index (χ0n) is 13.4. The molecule has 2 atom stereocenters. The monoisotopic (exact) mass is 485 g/mol. The Bertz CT molecular complexity index is 948. The van der Waals surface area contributed by atoms with Crippen molar-refractivity contribution in [2.75, 3.05) is 0 Å². The van der Waals surface area contributed by atoms with Crippen molar-refractivity contribution in [3.05, 3.63) is 62.1 Å². The van der Waals surface area contributed by atoms with E-state index < -0.39 is 27.1 Å². The maximum absolute atomic E-state index is 11.9.